The summed E-state index contributed by atoms with van der Waals surface area (Å²) in [4.78, 5) is 29.6. The van der Waals surface area contributed by atoms with Crippen LogP contribution in [0.3, 0.4) is 0 Å². The lowest BCUT2D eigenvalue weighted by Crippen LogP contribution is -2.01. The second-order valence-corrected chi connectivity index (χ2v) is 5.71. The number of benzene rings is 2. The molecule has 6 nitrogen and oxygen atoms in total. The quantitative estimate of drug-likeness (QED) is 0.374. The minimum Gasteiger partial charge on any atom is -0.477 e. The van der Waals surface area contributed by atoms with Crippen LogP contribution in [0.15, 0.2) is 54.7 Å². The molecular weight excluding hydrogens is 316 g/mol. The fraction of sp³-hybridized carbons (Fsp3) is 0. The maximum Gasteiger partial charge on any atom is 0.354 e. The van der Waals surface area contributed by atoms with E-state index in [4.69, 9.17) is 9.97 Å². The first-order valence-corrected chi connectivity index (χ1v) is 7.69. The topological polar surface area (TPSA) is 88.9 Å². The van der Waals surface area contributed by atoms with Gasteiger partial charge in [0.1, 0.15) is 22.2 Å². The van der Waals surface area contributed by atoms with E-state index in [0.29, 0.717) is 16.6 Å². The van der Waals surface area contributed by atoms with Crippen molar-refractivity contribution in [3.63, 3.8) is 0 Å². The number of pyridine rings is 2. The molecule has 0 saturated carbocycles. The zero-order chi connectivity index (χ0) is 17.0. The number of nitrogens with zero attached hydrogens (tertiary/aromatic N) is 4. The predicted molar refractivity (Wildman–Crippen MR) is 94.6 cm³/mol. The highest BCUT2D eigenvalue weighted by molar-refractivity contribution is 6.21. The number of carboxylic acid groups (broad SMARTS) is 1. The van der Waals surface area contributed by atoms with Crippen LogP contribution in [0.4, 0.5) is 0 Å². The molecule has 0 fully saturated rings. The maximum absolute atomic E-state index is 11.3. The molecule has 5 aromatic rings. The third kappa shape index (κ3) is 1.94. The monoisotopic (exact) mass is 326 g/mol. The van der Waals surface area contributed by atoms with Crippen LogP contribution in [0.5, 0.6) is 0 Å². The number of aromatic nitrogens is 4. The highest BCUT2D eigenvalue weighted by Gasteiger charge is 2.16. The Bertz CT molecular complexity index is 1330. The van der Waals surface area contributed by atoms with Crippen LogP contribution in [-0.4, -0.2) is 31.0 Å². The summed E-state index contributed by atoms with van der Waals surface area (Å²) < 4.78 is 0. The van der Waals surface area contributed by atoms with Crippen LogP contribution < -0.4 is 0 Å². The third-order valence-corrected chi connectivity index (χ3v) is 4.23. The van der Waals surface area contributed by atoms with Crippen molar-refractivity contribution < 1.29 is 9.90 Å². The molecule has 0 radical (unpaired) electrons. The maximum atomic E-state index is 11.3. The Hall–Kier alpha value is -3.67. The minimum absolute atomic E-state index is 0.0287. The highest BCUT2D eigenvalue weighted by Crippen LogP contribution is 2.32. The summed E-state index contributed by atoms with van der Waals surface area (Å²) in [7, 11) is 0. The Morgan fingerprint density at radius 2 is 1.40 bits per heavy atom. The molecule has 0 aliphatic rings. The molecule has 25 heavy (non-hydrogen) atoms. The molecule has 3 aromatic heterocycles. The van der Waals surface area contributed by atoms with E-state index >= 15 is 0 Å². The second-order valence-electron chi connectivity index (χ2n) is 5.71. The van der Waals surface area contributed by atoms with E-state index in [-0.39, 0.29) is 5.69 Å². The lowest BCUT2D eigenvalue weighted by atomic mass is 10.1. The van der Waals surface area contributed by atoms with Gasteiger partial charge in [-0.3, -0.25) is 4.98 Å². The number of rotatable bonds is 1. The predicted octanol–water partition coefficient (Wildman–Crippen LogP) is 3.58. The number of aromatic carboxylic acids is 1. The second kappa shape index (κ2) is 4.91. The first-order valence-electron chi connectivity index (χ1n) is 7.69. The van der Waals surface area contributed by atoms with E-state index in [9.17, 15) is 9.90 Å². The van der Waals surface area contributed by atoms with Gasteiger partial charge in [0, 0.05) is 17.0 Å². The SMILES string of the molecule is O=C(O)c1ccc2c3ncccc3c3nc4ccccc4nc3c2n1. The summed E-state index contributed by atoms with van der Waals surface area (Å²) in [5.74, 6) is -1.08. The molecular formula is C19H10N4O2. The van der Waals surface area contributed by atoms with Crippen molar-refractivity contribution in [2.24, 2.45) is 0 Å². The van der Waals surface area contributed by atoms with Gasteiger partial charge < -0.3 is 5.11 Å². The summed E-state index contributed by atoms with van der Waals surface area (Å²) in [5.41, 5.74) is 3.97. The van der Waals surface area contributed by atoms with E-state index < -0.39 is 5.97 Å². The molecule has 2 aromatic carbocycles. The molecule has 0 aliphatic heterocycles. The molecule has 0 spiro atoms. The van der Waals surface area contributed by atoms with Crippen LogP contribution in [0, 0.1) is 0 Å². The Morgan fingerprint density at radius 3 is 2.16 bits per heavy atom. The summed E-state index contributed by atoms with van der Waals surface area (Å²) >= 11 is 0. The van der Waals surface area contributed by atoms with Gasteiger partial charge in [-0.2, -0.15) is 0 Å². The highest BCUT2D eigenvalue weighted by atomic mass is 16.4. The number of fused-ring (bicyclic) bond motifs is 7. The van der Waals surface area contributed by atoms with E-state index in [1.165, 1.54) is 6.07 Å². The van der Waals surface area contributed by atoms with Crippen LogP contribution >= 0.6 is 0 Å². The van der Waals surface area contributed by atoms with Crippen LogP contribution in [-0.2, 0) is 0 Å². The fourth-order valence-electron chi connectivity index (χ4n) is 3.11. The van der Waals surface area contributed by atoms with Gasteiger partial charge in [-0.05, 0) is 36.4 Å². The van der Waals surface area contributed by atoms with Crippen molar-refractivity contribution in [2.75, 3.05) is 0 Å². The Morgan fingerprint density at radius 1 is 0.720 bits per heavy atom. The van der Waals surface area contributed by atoms with Gasteiger partial charge in [-0.15, -0.1) is 0 Å². The number of para-hydroxylation sites is 2. The molecule has 0 bridgehead atoms. The largest absolute Gasteiger partial charge is 0.477 e. The molecule has 0 amide bonds. The van der Waals surface area contributed by atoms with Gasteiger partial charge in [0.15, 0.2) is 0 Å². The van der Waals surface area contributed by atoms with E-state index in [1.807, 2.05) is 36.4 Å². The Labute approximate surface area is 140 Å². The van der Waals surface area contributed by atoms with Crippen molar-refractivity contribution in [1.82, 2.24) is 19.9 Å². The number of hydrogen-bond donors (Lipinski definition) is 1. The van der Waals surface area contributed by atoms with Gasteiger partial charge in [0.05, 0.1) is 16.6 Å². The smallest absolute Gasteiger partial charge is 0.354 e. The minimum atomic E-state index is -1.08. The molecule has 0 atom stereocenters. The summed E-state index contributed by atoms with van der Waals surface area (Å²) in [6, 6.07) is 14.6. The number of hydrogen-bond acceptors (Lipinski definition) is 5. The van der Waals surface area contributed by atoms with Crippen molar-refractivity contribution in [3.05, 3.63) is 60.4 Å². The van der Waals surface area contributed by atoms with Gasteiger partial charge in [0.2, 0.25) is 0 Å². The Balaban J connectivity index is 2.10. The number of carbonyl (C=O) groups is 1. The molecule has 0 saturated heterocycles. The van der Waals surface area contributed by atoms with Gasteiger partial charge in [-0.25, -0.2) is 19.7 Å². The average molecular weight is 326 g/mol. The zero-order valence-corrected chi connectivity index (χ0v) is 12.8. The lowest BCUT2D eigenvalue weighted by molar-refractivity contribution is 0.0691. The molecule has 1 N–H and O–H groups in total. The van der Waals surface area contributed by atoms with Gasteiger partial charge >= 0.3 is 5.97 Å². The van der Waals surface area contributed by atoms with Crippen LogP contribution in [0.25, 0.3) is 43.9 Å². The first kappa shape index (κ1) is 13.7. The normalized spacial score (nSPS) is 11.5. The summed E-state index contributed by atoms with van der Waals surface area (Å²) in [5, 5.41) is 10.9. The number of carboxylic acids is 1. The van der Waals surface area contributed by atoms with Crippen molar-refractivity contribution in [3.8, 4) is 0 Å². The zero-order valence-electron chi connectivity index (χ0n) is 12.8. The molecule has 3 heterocycles. The summed E-state index contributed by atoms with van der Waals surface area (Å²) in [6.45, 7) is 0. The van der Waals surface area contributed by atoms with E-state index in [2.05, 4.69) is 9.97 Å². The van der Waals surface area contributed by atoms with E-state index in [0.717, 1.165) is 27.3 Å². The fourth-order valence-corrected chi connectivity index (χ4v) is 3.11. The first-order chi connectivity index (χ1) is 12.2. The molecule has 5 rings (SSSR count). The van der Waals surface area contributed by atoms with Crippen molar-refractivity contribution in [2.45, 2.75) is 0 Å². The van der Waals surface area contributed by atoms with E-state index in [1.54, 1.807) is 12.3 Å². The van der Waals surface area contributed by atoms with Crippen molar-refractivity contribution in [1.29, 1.82) is 0 Å². The molecule has 0 unspecified atom stereocenters. The summed E-state index contributed by atoms with van der Waals surface area (Å²) in [6.07, 6.45) is 1.70. The lowest BCUT2D eigenvalue weighted by Gasteiger charge is -2.09. The third-order valence-electron chi connectivity index (χ3n) is 4.23. The standard InChI is InChI=1S/C19H10N4O2/c24-19(25)14-8-7-11-15-10(4-3-9-20-15)16-18(17(11)23-14)22-13-6-2-1-5-12(13)21-16/h1-9H,(H,24,25). The Kier molecular flexibility index (Phi) is 2.70. The van der Waals surface area contributed by atoms with Crippen LogP contribution in [0.2, 0.25) is 0 Å². The van der Waals surface area contributed by atoms with Gasteiger partial charge in [0.25, 0.3) is 0 Å². The van der Waals surface area contributed by atoms with Gasteiger partial charge in [-0.1, -0.05) is 12.1 Å². The average Bonchev–Trinajstić information content (AvgIpc) is 2.66. The molecule has 0 aliphatic carbocycles. The van der Waals surface area contributed by atoms with Crippen LogP contribution in [0.1, 0.15) is 10.5 Å². The molecule has 118 valence electrons. The molecule has 6 heteroatoms. The van der Waals surface area contributed by atoms with Crippen molar-refractivity contribution >= 4 is 49.8 Å².